The Morgan fingerprint density at radius 1 is 1.10 bits per heavy atom. The molecule has 0 aliphatic heterocycles. The summed E-state index contributed by atoms with van der Waals surface area (Å²) in [6, 6.07) is 5.68. The fourth-order valence-electron chi connectivity index (χ4n) is 2.47. The van der Waals surface area contributed by atoms with Gasteiger partial charge in [0.25, 0.3) is 5.91 Å². The van der Waals surface area contributed by atoms with Crippen LogP contribution in [0.1, 0.15) is 52.0 Å². The second-order valence-corrected chi connectivity index (χ2v) is 8.99. The largest absolute Gasteiger partial charge is 0.505 e. The standard InChI is InChI=1S/C21H27ClN2O5/c1-20(2,3)28-11-14(19(27)29-21(4,5)6)23-18(26)15-16(25)12-9-7-8-10-13(12)17(22)24-15/h7-10,14,25H,11H2,1-6H3,(H,23,26). The second-order valence-electron chi connectivity index (χ2n) is 8.63. The van der Waals surface area contributed by atoms with Crippen LogP contribution < -0.4 is 5.32 Å². The van der Waals surface area contributed by atoms with Gasteiger partial charge in [-0.2, -0.15) is 0 Å². The molecule has 0 aliphatic rings. The summed E-state index contributed by atoms with van der Waals surface area (Å²) >= 11 is 6.17. The van der Waals surface area contributed by atoms with Crippen LogP contribution in [0.3, 0.4) is 0 Å². The van der Waals surface area contributed by atoms with Crippen molar-refractivity contribution in [3.05, 3.63) is 35.1 Å². The molecule has 1 amide bonds. The van der Waals surface area contributed by atoms with E-state index in [1.807, 2.05) is 20.8 Å². The van der Waals surface area contributed by atoms with Crippen molar-refractivity contribution < 1.29 is 24.2 Å². The molecule has 1 heterocycles. The maximum absolute atomic E-state index is 12.8. The zero-order chi connectivity index (χ0) is 22.0. The fraction of sp³-hybridized carbons (Fsp3) is 0.476. The van der Waals surface area contributed by atoms with Crippen molar-refractivity contribution in [3.8, 4) is 5.75 Å². The van der Waals surface area contributed by atoms with Crippen LogP contribution in [0.25, 0.3) is 10.8 Å². The third-order valence-electron chi connectivity index (χ3n) is 3.73. The topological polar surface area (TPSA) is 97.8 Å². The summed E-state index contributed by atoms with van der Waals surface area (Å²) in [6.45, 7) is 10.6. The minimum atomic E-state index is -1.09. The average Bonchev–Trinajstić information content (AvgIpc) is 2.59. The second kappa shape index (κ2) is 8.55. The Labute approximate surface area is 175 Å². The van der Waals surface area contributed by atoms with Gasteiger partial charge in [-0.3, -0.25) is 4.79 Å². The van der Waals surface area contributed by atoms with Crippen molar-refractivity contribution >= 4 is 34.2 Å². The number of hydrogen-bond acceptors (Lipinski definition) is 6. The molecule has 0 aliphatic carbocycles. The van der Waals surface area contributed by atoms with E-state index in [0.29, 0.717) is 10.8 Å². The predicted molar refractivity (Wildman–Crippen MR) is 111 cm³/mol. The van der Waals surface area contributed by atoms with E-state index in [9.17, 15) is 14.7 Å². The smallest absolute Gasteiger partial charge is 0.331 e. The molecule has 29 heavy (non-hydrogen) atoms. The van der Waals surface area contributed by atoms with Crippen LogP contribution in [0.15, 0.2) is 24.3 Å². The van der Waals surface area contributed by atoms with Crippen LogP contribution in [0.2, 0.25) is 5.15 Å². The van der Waals surface area contributed by atoms with Gasteiger partial charge in [-0.05, 0) is 41.5 Å². The number of ether oxygens (including phenoxy) is 2. The van der Waals surface area contributed by atoms with Gasteiger partial charge >= 0.3 is 5.97 Å². The van der Waals surface area contributed by atoms with Crippen LogP contribution >= 0.6 is 11.6 Å². The number of nitrogens with zero attached hydrogens (tertiary/aromatic N) is 1. The van der Waals surface area contributed by atoms with E-state index in [0.717, 1.165) is 0 Å². The zero-order valence-corrected chi connectivity index (χ0v) is 18.3. The van der Waals surface area contributed by atoms with Crippen molar-refractivity contribution in [2.45, 2.75) is 58.8 Å². The number of pyridine rings is 1. The van der Waals surface area contributed by atoms with E-state index in [1.165, 1.54) is 0 Å². The molecule has 0 saturated carbocycles. The van der Waals surface area contributed by atoms with Gasteiger partial charge in [0.05, 0.1) is 12.2 Å². The summed E-state index contributed by atoms with van der Waals surface area (Å²) in [5.74, 6) is -1.73. The third kappa shape index (κ3) is 6.30. The number of fused-ring (bicyclic) bond motifs is 1. The zero-order valence-electron chi connectivity index (χ0n) is 17.5. The van der Waals surface area contributed by atoms with Gasteiger partial charge < -0.3 is 19.9 Å². The SMILES string of the molecule is CC(C)(C)OCC(NC(=O)c1nc(Cl)c2ccccc2c1O)C(=O)OC(C)(C)C. The highest BCUT2D eigenvalue weighted by Gasteiger charge is 2.30. The molecule has 8 heteroatoms. The number of carbonyl (C=O) groups excluding carboxylic acids is 2. The Hall–Kier alpha value is -2.38. The van der Waals surface area contributed by atoms with E-state index in [4.69, 9.17) is 21.1 Å². The van der Waals surface area contributed by atoms with Gasteiger partial charge in [-0.25, -0.2) is 9.78 Å². The van der Waals surface area contributed by atoms with E-state index in [2.05, 4.69) is 10.3 Å². The van der Waals surface area contributed by atoms with Crippen LogP contribution in [0, 0.1) is 0 Å². The van der Waals surface area contributed by atoms with Crippen LogP contribution in [-0.4, -0.2) is 45.8 Å². The Bertz CT molecular complexity index is 916. The van der Waals surface area contributed by atoms with Gasteiger partial charge in [-0.15, -0.1) is 0 Å². The minimum absolute atomic E-state index is 0.0725. The molecular weight excluding hydrogens is 396 g/mol. The average molecular weight is 423 g/mol. The molecule has 0 saturated heterocycles. The van der Waals surface area contributed by atoms with Crippen molar-refractivity contribution in [3.63, 3.8) is 0 Å². The molecule has 2 aromatic rings. The lowest BCUT2D eigenvalue weighted by Crippen LogP contribution is -2.48. The molecule has 1 unspecified atom stereocenters. The third-order valence-corrected chi connectivity index (χ3v) is 4.02. The molecule has 0 radical (unpaired) electrons. The molecule has 0 bridgehead atoms. The highest BCUT2D eigenvalue weighted by atomic mass is 35.5. The van der Waals surface area contributed by atoms with Crippen molar-refractivity contribution in [1.29, 1.82) is 0 Å². The number of carbonyl (C=O) groups is 2. The summed E-state index contributed by atoms with van der Waals surface area (Å²) in [5.41, 5.74) is -1.55. The number of aromatic nitrogens is 1. The number of halogens is 1. The van der Waals surface area contributed by atoms with E-state index >= 15 is 0 Å². The van der Waals surface area contributed by atoms with E-state index < -0.39 is 29.1 Å². The van der Waals surface area contributed by atoms with Gasteiger partial charge in [0.2, 0.25) is 0 Å². The van der Waals surface area contributed by atoms with Crippen LogP contribution in [0.4, 0.5) is 0 Å². The molecule has 1 aromatic heterocycles. The maximum Gasteiger partial charge on any atom is 0.331 e. The Morgan fingerprint density at radius 2 is 1.69 bits per heavy atom. The summed E-state index contributed by atoms with van der Waals surface area (Å²) < 4.78 is 11.0. The molecule has 1 aromatic carbocycles. The van der Waals surface area contributed by atoms with Crippen LogP contribution in [0.5, 0.6) is 5.75 Å². The number of amides is 1. The monoisotopic (exact) mass is 422 g/mol. The summed E-state index contributed by atoms with van der Waals surface area (Å²) in [7, 11) is 0. The van der Waals surface area contributed by atoms with Gasteiger partial charge in [-0.1, -0.05) is 35.9 Å². The molecule has 2 rings (SSSR count). The van der Waals surface area contributed by atoms with Crippen LogP contribution in [-0.2, 0) is 14.3 Å². The summed E-state index contributed by atoms with van der Waals surface area (Å²) in [4.78, 5) is 29.4. The molecule has 0 fully saturated rings. The molecule has 0 spiro atoms. The van der Waals surface area contributed by atoms with Gasteiger partial charge in [0, 0.05) is 10.8 Å². The lowest BCUT2D eigenvalue weighted by molar-refractivity contribution is -0.160. The normalized spacial score (nSPS) is 13.2. The van der Waals surface area contributed by atoms with Gasteiger partial charge in [0.15, 0.2) is 17.5 Å². The highest BCUT2D eigenvalue weighted by Crippen LogP contribution is 2.31. The Kier molecular flexibility index (Phi) is 6.75. The Morgan fingerprint density at radius 3 is 2.24 bits per heavy atom. The summed E-state index contributed by atoms with van der Waals surface area (Å²) in [5, 5.41) is 14.0. The van der Waals surface area contributed by atoms with Crippen molar-refractivity contribution in [2.24, 2.45) is 0 Å². The lowest BCUT2D eigenvalue weighted by atomic mass is 10.1. The number of hydrogen-bond donors (Lipinski definition) is 2. The van der Waals surface area contributed by atoms with E-state index in [1.54, 1.807) is 45.0 Å². The molecule has 158 valence electrons. The van der Waals surface area contributed by atoms with E-state index in [-0.39, 0.29) is 23.2 Å². The molecule has 2 N–H and O–H groups in total. The number of aromatic hydroxyl groups is 1. The predicted octanol–water partition coefficient (Wildman–Crippen LogP) is 3.85. The first-order chi connectivity index (χ1) is 13.3. The lowest BCUT2D eigenvalue weighted by Gasteiger charge is -2.27. The number of esters is 1. The highest BCUT2D eigenvalue weighted by molar-refractivity contribution is 6.34. The first kappa shape index (κ1) is 22.9. The van der Waals surface area contributed by atoms with Crippen molar-refractivity contribution in [1.82, 2.24) is 10.3 Å². The number of nitrogens with one attached hydrogen (secondary N) is 1. The first-order valence-electron chi connectivity index (χ1n) is 9.23. The number of rotatable bonds is 5. The maximum atomic E-state index is 12.8. The summed E-state index contributed by atoms with van der Waals surface area (Å²) in [6.07, 6.45) is 0. The molecule has 7 nitrogen and oxygen atoms in total. The van der Waals surface area contributed by atoms with Crippen molar-refractivity contribution in [2.75, 3.05) is 6.61 Å². The number of benzene rings is 1. The fourth-order valence-corrected chi connectivity index (χ4v) is 2.72. The Balaban J connectivity index is 2.32. The van der Waals surface area contributed by atoms with Gasteiger partial charge in [0.1, 0.15) is 10.8 Å². The molecule has 1 atom stereocenters. The minimum Gasteiger partial charge on any atom is -0.505 e. The quantitative estimate of drug-likeness (QED) is 0.561. The molecular formula is C21H27ClN2O5. The first-order valence-corrected chi connectivity index (χ1v) is 9.61.